The highest BCUT2D eigenvalue weighted by Crippen LogP contribution is 2.41. The minimum absolute atomic E-state index is 0.0121. The Labute approximate surface area is 335 Å². The topological polar surface area (TPSA) is 210 Å². The van der Waals surface area contributed by atoms with E-state index in [0.29, 0.717) is 102 Å². The molecule has 0 bridgehead atoms. The Morgan fingerprint density at radius 3 is 2.16 bits per heavy atom. The van der Waals surface area contributed by atoms with Crippen molar-refractivity contribution >= 4 is 52.5 Å². The van der Waals surface area contributed by atoms with Gasteiger partial charge < -0.3 is 45.3 Å². The van der Waals surface area contributed by atoms with Crippen LogP contribution in [0.2, 0.25) is 10.3 Å². The lowest BCUT2D eigenvalue weighted by molar-refractivity contribution is -0.120. The van der Waals surface area contributed by atoms with E-state index in [9.17, 15) is 9.90 Å². The fraction of sp³-hybridized carbons (Fsp3) is 0.500. The number of nitrogen functional groups attached to an aromatic ring is 2. The van der Waals surface area contributed by atoms with Crippen LogP contribution in [0.5, 0.6) is 23.0 Å². The minimum Gasteiger partial charge on any atom is -0.493 e. The number of β-amino-alcohol motifs (C(OH)–C–C–N with tert-alkyl or cyclic N) is 1. The molecule has 0 saturated heterocycles. The van der Waals surface area contributed by atoms with Crippen molar-refractivity contribution in [1.29, 1.82) is 0 Å². The second-order valence-corrected chi connectivity index (χ2v) is 14.8. The van der Waals surface area contributed by atoms with Crippen LogP contribution in [0.4, 0.5) is 23.5 Å². The summed E-state index contributed by atoms with van der Waals surface area (Å²) >= 11 is 13.3. The third-order valence-electron chi connectivity index (χ3n) is 10.1. The zero-order chi connectivity index (χ0) is 39.9. The minimum atomic E-state index is -0.578. The number of anilines is 4. The van der Waals surface area contributed by atoms with Crippen LogP contribution in [0.3, 0.4) is 0 Å². The van der Waals surface area contributed by atoms with E-state index in [4.69, 9.17) is 53.6 Å². The van der Waals surface area contributed by atoms with Gasteiger partial charge in [-0.15, -0.1) is 0 Å². The van der Waals surface area contributed by atoms with Crippen LogP contribution in [0, 0.1) is 5.92 Å². The maximum atomic E-state index is 13.8. The number of ether oxygens (including phenoxy) is 4. The van der Waals surface area contributed by atoms with E-state index in [2.05, 4.69) is 36.8 Å². The average molecular weight is 812 g/mol. The molecular weight excluding hydrogens is 763 g/mol. The molecule has 6 heterocycles. The summed E-state index contributed by atoms with van der Waals surface area (Å²) in [5, 5.41) is 11.4. The van der Waals surface area contributed by atoms with E-state index in [1.165, 1.54) is 7.11 Å². The van der Waals surface area contributed by atoms with Gasteiger partial charge in [0.25, 0.3) is 0 Å². The first kappa shape index (κ1) is 40.7. The van der Waals surface area contributed by atoms with Gasteiger partial charge in [-0.1, -0.05) is 43.0 Å². The van der Waals surface area contributed by atoms with Crippen LogP contribution in [-0.4, -0.2) is 87.9 Å². The van der Waals surface area contributed by atoms with E-state index in [0.717, 1.165) is 24.8 Å². The SMILES string of the molecule is COc1cnc(CN2CC(=O)C(CC(C)CCOc3cc(CN4CC(O)CCCCCc5c(Cl)nc(N)nc54)ncc3OC)c3c(Cl)nc(N)nc32)cc1OC. The van der Waals surface area contributed by atoms with Gasteiger partial charge in [-0.3, -0.25) is 14.8 Å². The molecule has 0 aromatic carbocycles. The molecule has 2 aliphatic heterocycles. The summed E-state index contributed by atoms with van der Waals surface area (Å²) in [5.41, 5.74) is 14.7. The molecule has 3 atom stereocenters. The predicted octanol–water partition coefficient (Wildman–Crippen LogP) is 5.21. The third-order valence-corrected chi connectivity index (χ3v) is 10.7. The molecule has 0 spiro atoms. The van der Waals surface area contributed by atoms with Gasteiger partial charge in [0.15, 0.2) is 28.8 Å². The van der Waals surface area contributed by atoms with Crippen LogP contribution in [0.1, 0.15) is 73.9 Å². The van der Waals surface area contributed by atoms with Crippen LogP contribution in [-0.2, 0) is 24.3 Å². The van der Waals surface area contributed by atoms with Gasteiger partial charge in [0.2, 0.25) is 11.9 Å². The highest BCUT2D eigenvalue weighted by atomic mass is 35.5. The second-order valence-electron chi connectivity index (χ2n) is 14.1. The van der Waals surface area contributed by atoms with Crippen molar-refractivity contribution in [2.45, 2.75) is 77.0 Å². The van der Waals surface area contributed by atoms with E-state index in [-0.39, 0.29) is 41.8 Å². The van der Waals surface area contributed by atoms with Gasteiger partial charge in [0.05, 0.1) is 83.4 Å². The van der Waals surface area contributed by atoms with Crippen molar-refractivity contribution in [3.8, 4) is 23.0 Å². The predicted molar refractivity (Wildman–Crippen MR) is 213 cm³/mol. The molecule has 0 saturated carbocycles. The molecule has 6 rings (SSSR count). The zero-order valence-electron chi connectivity index (χ0n) is 32.0. The lowest BCUT2D eigenvalue weighted by Crippen LogP contribution is -2.40. The van der Waals surface area contributed by atoms with Gasteiger partial charge in [0.1, 0.15) is 21.9 Å². The van der Waals surface area contributed by atoms with E-state index >= 15 is 0 Å². The third kappa shape index (κ3) is 9.53. The first-order valence-corrected chi connectivity index (χ1v) is 19.3. The Morgan fingerprint density at radius 2 is 1.46 bits per heavy atom. The monoisotopic (exact) mass is 810 g/mol. The molecule has 56 heavy (non-hydrogen) atoms. The van der Waals surface area contributed by atoms with Gasteiger partial charge >= 0.3 is 0 Å². The molecule has 4 aromatic rings. The van der Waals surface area contributed by atoms with Gasteiger partial charge in [0, 0.05) is 29.8 Å². The Kier molecular flexibility index (Phi) is 13.3. The van der Waals surface area contributed by atoms with Gasteiger partial charge in [-0.2, -0.15) is 9.97 Å². The quantitative estimate of drug-likeness (QED) is 0.148. The summed E-state index contributed by atoms with van der Waals surface area (Å²) in [6.45, 7) is 3.37. The Balaban J connectivity index is 1.15. The van der Waals surface area contributed by atoms with Crippen molar-refractivity contribution in [3.63, 3.8) is 0 Å². The van der Waals surface area contributed by atoms with Gasteiger partial charge in [-0.05, 0) is 38.0 Å². The summed E-state index contributed by atoms with van der Waals surface area (Å²) in [5.74, 6) is 2.64. The number of aromatic nitrogens is 6. The summed E-state index contributed by atoms with van der Waals surface area (Å²) in [6.07, 6.45) is 7.86. The number of fused-ring (bicyclic) bond motifs is 2. The number of hydrogen-bond donors (Lipinski definition) is 3. The number of hydrogen-bond acceptors (Lipinski definition) is 16. The Bertz CT molecular complexity index is 2030. The normalized spacial score (nSPS) is 17.8. The molecule has 2 aliphatic rings. The molecule has 0 radical (unpaired) electrons. The van der Waals surface area contributed by atoms with Crippen molar-refractivity contribution in [2.24, 2.45) is 5.92 Å². The maximum absolute atomic E-state index is 13.8. The first-order chi connectivity index (χ1) is 27.0. The molecule has 0 amide bonds. The van der Waals surface area contributed by atoms with Crippen molar-refractivity contribution in [3.05, 3.63) is 57.3 Å². The number of nitrogens with zero attached hydrogens (tertiary/aromatic N) is 8. The summed E-state index contributed by atoms with van der Waals surface area (Å²) in [6, 6.07) is 3.58. The smallest absolute Gasteiger partial charge is 0.223 e. The zero-order valence-corrected chi connectivity index (χ0v) is 33.5. The van der Waals surface area contributed by atoms with E-state index in [1.807, 2.05) is 11.0 Å². The highest BCUT2D eigenvalue weighted by molar-refractivity contribution is 6.31. The fourth-order valence-electron chi connectivity index (χ4n) is 7.23. The second kappa shape index (κ2) is 18.3. The van der Waals surface area contributed by atoms with Crippen molar-refractivity contribution in [1.82, 2.24) is 29.9 Å². The number of aliphatic hydroxyl groups is 1. The number of halogens is 2. The summed E-state index contributed by atoms with van der Waals surface area (Å²) < 4.78 is 22.7. The largest absolute Gasteiger partial charge is 0.493 e. The molecule has 0 fully saturated rings. The number of aliphatic hydroxyl groups excluding tert-OH is 1. The van der Waals surface area contributed by atoms with Gasteiger partial charge in [-0.25, -0.2) is 9.97 Å². The average Bonchev–Trinajstić information content (AvgIpc) is 3.16. The molecule has 3 unspecified atom stereocenters. The number of Topliss-reactive ketones (excluding diaryl/α,β-unsaturated/α-hetero) is 1. The highest BCUT2D eigenvalue weighted by Gasteiger charge is 2.37. The number of ketones is 1. The molecular formula is C38H48Cl2N10O6. The van der Waals surface area contributed by atoms with Crippen molar-refractivity contribution in [2.75, 3.05) is 62.3 Å². The molecule has 5 N–H and O–H groups in total. The van der Waals surface area contributed by atoms with Crippen molar-refractivity contribution < 1.29 is 28.8 Å². The van der Waals surface area contributed by atoms with E-state index < -0.39 is 12.0 Å². The fourth-order valence-corrected chi connectivity index (χ4v) is 7.80. The Morgan fingerprint density at radius 1 is 0.839 bits per heavy atom. The summed E-state index contributed by atoms with van der Waals surface area (Å²) in [4.78, 5) is 44.1. The molecule has 4 aromatic heterocycles. The molecule has 16 nitrogen and oxygen atoms in total. The van der Waals surface area contributed by atoms with Crippen LogP contribution >= 0.6 is 23.2 Å². The van der Waals surface area contributed by atoms with Crippen LogP contribution < -0.4 is 40.2 Å². The van der Waals surface area contributed by atoms with Crippen LogP contribution in [0.15, 0.2) is 24.5 Å². The standard InChI is InChI=1S/C38H48Cl2N10O6/c1-21(12-26-27(52)20-50(36-32(26)34(40)46-38(42)48-36)18-22-13-28(53-2)30(54-3)15-43-22)10-11-56-29-14-23(44-16-31(29)55-4)17-49-19-24(51)8-6-5-7-9-25-33(39)45-37(41)47-35(25)49/h13-16,21,24,26,51H,5-12,17-20H2,1-4H3,(H2,41,45,47)(H2,42,46,48). The number of carbonyl (C=O) groups excluding carboxylic acids is 1. The molecule has 0 aliphatic carbocycles. The molecule has 300 valence electrons. The number of methoxy groups -OCH3 is 3. The number of carbonyl (C=O) groups is 1. The number of pyridine rings is 2. The van der Waals surface area contributed by atoms with E-state index in [1.54, 1.807) is 37.6 Å². The van der Waals surface area contributed by atoms with Crippen LogP contribution in [0.25, 0.3) is 0 Å². The Hall–Kier alpha value is -4.93. The maximum Gasteiger partial charge on any atom is 0.223 e. The number of nitrogens with two attached hydrogens (primary N) is 2. The lowest BCUT2D eigenvalue weighted by Gasteiger charge is -2.34. The number of rotatable bonds is 13. The lowest BCUT2D eigenvalue weighted by atomic mass is 9.83. The summed E-state index contributed by atoms with van der Waals surface area (Å²) in [7, 11) is 4.64. The molecule has 18 heteroatoms. The first-order valence-electron chi connectivity index (χ1n) is 18.6.